The van der Waals surface area contributed by atoms with Crippen molar-refractivity contribution in [2.75, 3.05) is 50.0 Å². The van der Waals surface area contributed by atoms with Crippen molar-refractivity contribution in [3.63, 3.8) is 0 Å². The summed E-state index contributed by atoms with van der Waals surface area (Å²) in [4.78, 5) is 30.7. The van der Waals surface area contributed by atoms with Crippen LogP contribution in [0.4, 0.5) is 5.69 Å². The first-order valence-corrected chi connectivity index (χ1v) is 11.2. The van der Waals surface area contributed by atoms with Crippen molar-refractivity contribution in [3.8, 4) is 0 Å². The molecule has 0 bridgehead atoms. The third kappa shape index (κ3) is 5.75. The first-order valence-electron chi connectivity index (χ1n) is 10.2. The topological polar surface area (TPSA) is 43.9 Å². The molecule has 0 aliphatic carbocycles. The van der Waals surface area contributed by atoms with Crippen LogP contribution in [0.25, 0.3) is 0 Å². The molecule has 0 aromatic heterocycles. The normalized spacial score (nSPS) is 14.6. The Morgan fingerprint density at radius 3 is 2.17 bits per heavy atom. The molecule has 1 aliphatic rings. The van der Waals surface area contributed by atoms with E-state index in [1.165, 1.54) is 5.56 Å². The standard InChI is InChI=1S/C23H27Cl2N3O2/c1-2-28(22(29)17-24)21-9-5-19(6-10-21)23(30)27-15-13-26(14-16-27)12-11-18-3-7-20(25)8-4-18/h3-10H,2,11-17H2,1H3. The predicted molar refractivity (Wildman–Crippen MR) is 123 cm³/mol. The molecule has 0 saturated carbocycles. The van der Waals surface area contributed by atoms with Gasteiger partial charge in [-0.1, -0.05) is 23.7 Å². The van der Waals surface area contributed by atoms with Gasteiger partial charge in [-0.3, -0.25) is 14.5 Å². The number of piperazine rings is 1. The second kappa shape index (κ2) is 10.8. The maximum absolute atomic E-state index is 12.9. The Morgan fingerprint density at radius 2 is 1.60 bits per heavy atom. The van der Waals surface area contributed by atoms with Crippen LogP contribution in [0.2, 0.25) is 5.02 Å². The van der Waals surface area contributed by atoms with Crippen LogP contribution in [-0.4, -0.2) is 66.8 Å². The molecule has 5 nitrogen and oxygen atoms in total. The molecule has 0 N–H and O–H groups in total. The second-order valence-electron chi connectivity index (χ2n) is 7.33. The average Bonchev–Trinajstić information content (AvgIpc) is 2.79. The molecule has 2 amide bonds. The molecule has 0 radical (unpaired) electrons. The molecule has 30 heavy (non-hydrogen) atoms. The maximum Gasteiger partial charge on any atom is 0.253 e. The van der Waals surface area contributed by atoms with Crippen LogP contribution in [0.15, 0.2) is 48.5 Å². The Morgan fingerprint density at radius 1 is 0.967 bits per heavy atom. The lowest BCUT2D eigenvalue weighted by Crippen LogP contribution is -2.49. The molecule has 160 valence electrons. The molecule has 1 heterocycles. The largest absolute Gasteiger partial charge is 0.336 e. The second-order valence-corrected chi connectivity index (χ2v) is 8.03. The maximum atomic E-state index is 12.9. The zero-order valence-corrected chi connectivity index (χ0v) is 18.7. The number of nitrogens with zero attached hydrogens (tertiary/aromatic N) is 3. The van der Waals surface area contributed by atoms with Crippen LogP contribution in [0, 0.1) is 0 Å². The lowest BCUT2D eigenvalue weighted by atomic mass is 10.1. The molecule has 0 unspecified atom stereocenters. The molecule has 0 spiro atoms. The minimum absolute atomic E-state index is 0.0330. The minimum Gasteiger partial charge on any atom is -0.336 e. The van der Waals surface area contributed by atoms with Gasteiger partial charge in [0.05, 0.1) is 0 Å². The summed E-state index contributed by atoms with van der Waals surface area (Å²) in [5, 5.41) is 0.756. The van der Waals surface area contributed by atoms with Gasteiger partial charge in [0.1, 0.15) is 5.88 Å². The Bertz CT molecular complexity index is 848. The number of amides is 2. The number of benzene rings is 2. The molecule has 2 aromatic carbocycles. The Labute approximate surface area is 188 Å². The van der Waals surface area contributed by atoms with Gasteiger partial charge in [0, 0.05) is 55.5 Å². The summed E-state index contributed by atoms with van der Waals surface area (Å²) in [5.41, 5.74) is 2.67. The van der Waals surface area contributed by atoms with Crippen LogP contribution >= 0.6 is 23.2 Å². The highest BCUT2D eigenvalue weighted by Crippen LogP contribution is 2.18. The lowest BCUT2D eigenvalue weighted by molar-refractivity contribution is -0.116. The molecule has 1 fully saturated rings. The van der Waals surface area contributed by atoms with Crippen LogP contribution < -0.4 is 4.90 Å². The van der Waals surface area contributed by atoms with Gasteiger partial charge >= 0.3 is 0 Å². The van der Waals surface area contributed by atoms with Crippen LogP contribution in [0.5, 0.6) is 0 Å². The fraction of sp³-hybridized carbons (Fsp3) is 0.391. The van der Waals surface area contributed by atoms with Crippen LogP contribution in [0.3, 0.4) is 0 Å². The van der Waals surface area contributed by atoms with E-state index in [-0.39, 0.29) is 17.7 Å². The highest BCUT2D eigenvalue weighted by Gasteiger charge is 2.22. The summed E-state index contributed by atoms with van der Waals surface area (Å²) in [6.45, 7) is 6.57. The summed E-state index contributed by atoms with van der Waals surface area (Å²) in [7, 11) is 0. The van der Waals surface area contributed by atoms with Crippen molar-refractivity contribution in [1.29, 1.82) is 0 Å². The van der Waals surface area contributed by atoms with Gasteiger partial charge < -0.3 is 9.80 Å². The number of anilines is 1. The van der Waals surface area contributed by atoms with Crippen LogP contribution in [0.1, 0.15) is 22.8 Å². The summed E-state index contributed by atoms with van der Waals surface area (Å²) in [6, 6.07) is 15.2. The van der Waals surface area contributed by atoms with Gasteiger partial charge in [0.15, 0.2) is 0 Å². The number of rotatable bonds is 7. The molecule has 1 aliphatic heterocycles. The van der Waals surface area contributed by atoms with E-state index in [9.17, 15) is 9.59 Å². The van der Waals surface area contributed by atoms with Gasteiger partial charge in [-0.2, -0.15) is 0 Å². The van der Waals surface area contributed by atoms with E-state index in [4.69, 9.17) is 23.2 Å². The van der Waals surface area contributed by atoms with Gasteiger partial charge in [-0.05, 0) is 55.3 Å². The highest BCUT2D eigenvalue weighted by molar-refractivity contribution is 6.30. The molecular formula is C23H27Cl2N3O2. The fourth-order valence-electron chi connectivity index (χ4n) is 3.65. The van der Waals surface area contributed by atoms with E-state index >= 15 is 0 Å². The first-order chi connectivity index (χ1) is 14.5. The lowest BCUT2D eigenvalue weighted by Gasteiger charge is -2.35. The van der Waals surface area contributed by atoms with Gasteiger partial charge in [0.2, 0.25) is 5.91 Å². The fourth-order valence-corrected chi connectivity index (χ4v) is 3.92. The first kappa shape index (κ1) is 22.6. The summed E-state index contributed by atoms with van der Waals surface area (Å²) in [5.74, 6) is -0.171. The van der Waals surface area contributed by atoms with Crippen molar-refractivity contribution in [3.05, 3.63) is 64.7 Å². The number of hydrogen-bond acceptors (Lipinski definition) is 3. The number of alkyl halides is 1. The quantitative estimate of drug-likeness (QED) is 0.603. The van der Waals surface area contributed by atoms with E-state index in [2.05, 4.69) is 17.0 Å². The Balaban J connectivity index is 1.51. The zero-order valence-electron chi connectivity index (χ0n) is 17.2. The van der Waals surface area contributed by atoms with Crippen molar-refractivity contribution in [1.82, 2.24) is 9.80 Å². The molecule has 2 aromatic rings. The van der Waals surface area contributed by atoms with Crippen LogP contribution in [-0.2, 0) is 11.2 Å². The molecule has 7 heteroatoms. The Hall–Kier alpha value is -2.08. The van der Waals surface area contributed by atoms with E-state index in [0.29, 0.717) is 25.2 Å². The van der Waals surface area contributed by atoms with Gasteiger partial charge in [0.25, 0.3) is 5.91 Å². The summed E-state index contributed by atoms with van der Waals surface area (Å²) >= 11 is 11.6. The monoisotopic (exact) mass is 447 g/mol. The van der Waals surface area contributed by atoms with Crippen molar-refractivity contribution in [2.24, 2.45) is 0 Å². The highest BCUT2D eigenvalue weighted by atomic mass is 35.5. The van der Waals surface area contributed by atoms with Crippen molar-refractivity contribution >= 4 is 40.7 Å². The smallest absolute Gasteiger partial charge is 0.253 e. The number of halogens is 2. The van der Waals surface area contributed by atoms with E-state index in [1.54, 1.807) is 17.0 Å². The third-order valence-corrected chi connectivity index (χ3v) is 5.93. The summed E-state index contributed by atoms with van der Waals surface area (Å²) < 4.78 is 0. The number of carbonyl (C=O) groups is 2. The Kier molecular flexibility index (Phi) is 8.14. The number of hydrogen-bond donors (Lipinski definition) is 0. The van der Waals surface area contributed by atoms with E-state index in [0.717, 1.165) is 36.8 Å². The van der Waals surface area contributed by atoms with Crippen molar-refractivity contribution in [2.45, 2.75) is 13.3 Å². The van der Waals surface area contributed by atoms with Gasteiger partial charge in [-0.25, -0.2) is 0 Å². The molecule has 0 atom stereocenters. The molecular weight excluding hydrogens is 421 g/mol. The average molecular weight is 448 g/mol. The minimum atomic E-state index is -0.145. The van der Waals surface area contributed by atoms with Gasteiger partial charge in [-0.15, -0.1) is 11.6 Å². The molecule has 3 rings (SSSR count). The third-order valence-electron chi connectivity index (χ3n) is 5.45. The SMILES string of the molecule is CCN(C(=O)CCl)c1ccc(C(=O)N2CCN(CCc3ccc(Cl)cc3)CC2)cc1. The summed E-state index contributed by atoms with van der Waals surface area (Å²) in [6.07, 6.45) is 0.974. The predicted octanol–water partition coefficient (Wildman–Crippen LogP) is 3.93. The number of carbonyl (C=O) groups excluding carboxylic acids is 2. The molecule has 1 saturated heterocycles. The van der Waals surface area contributed by atoms with Crippen molar-refractivity contribution < 1.29 is 9.59 Å². The van der Waals surface area contributed by atoms with E-state index in [1.807, 2.05) is 36.1 Å². The van der Waals surface area contributed by atoms with E-state index < -0.39 is 0 Å². The zero-order chi connectivity index (χ0) is 21.5.